The molecular weight excluding hydrogens is 260 g/mol. The van der Waals surface area contributed by atoms with Gasteiger partial charge in [0.1, 0.15) is 11.7 Å². The van der Waals surface area contributed by atoms with Crippen LogP contribution in [0.1, 0.15) is 21.9 Å². The SMILES string of the molecule is CSCCC(NC(=O)c1csc(C)n1)C(=O)O. The van der Waals surface area contributed by atoms with Gasteiger partial charge < -0.3 is 10.4 Å². The van der Waals surface area contributed by atoms with Crippen molar-refractivity contribution in [2.75, 3.05) is 12.0 Å². The zero-order chi connectivity index (χ0) is 12.8. The van der Waals surface area contributed by atoms with Gasteiger partial charge in [-0.15, -0.1) is 11.3 Å². The van der Waals surface area contributed by atoms with Gasteiger partial charge >= 0.3 is 5.97 Å². The highest BCUT2D eigenvalue weighted by Gasteiger charge is 2.21. The molecule has 0 saturated heterocycles. The Kier molecular flexibility index (Phi) is 5.43. The predicted molar refractivity (Wildman–Crippen MR) is 68.7 cm³/mol. The average Bonchev–Trinajstić information content (AvgIpc) is 2.70. The van der Waals surface area contributed by atoms with Gasteiger partial charge in [0, 0.05) is 5.38 Å². The van der Waals surface area contributed by atoms with Crippen LogP contribution in [0.15, 0.2) is 5.38 Å². The Morgan fingerprint density at radius 2 is 2.35 bits per heavy atom. The van der Waals surface area contributed by atoms with Crippen LogP contribution < -0.4 is 5.32 Å². The number of hydrogen-bond donors (Lipinski definition) is 2. The number of carbonyl (C=O) groups excluding carboxylic acids is 1. The number of aliphatic carboxylic acids is 1. The van der Waals surface area contributed by atoms with Crippen LogP contribution in [0.3, 0.4) is 0 Å². The highest BCUT2D eigenvalue weighted by Crippen LogP contribution is 2.08. The molecule has 0 radical (unpaired) electrons. The van der Waals surface area contributed by atoms with E-state index in [2.05, 4.69) is 10.3 Å². The van der Waals surface area contributed by atoms with Crippen molar-refractivity contribution in [3.63, 3.8) is 0 Å². The molecule has 1 rings (SSSR count). The number of carbonyl (C=O) groups is 2. The number of carboxylic acids is 1. The molecule has 0 aliphatic rings. The molecule has 0 bridgehead atoms. The molecule has 94 valence electrons. The lowest BCUT2D eigenvalue weighted by Gasteiger charge is -2.12. The van der Waals surface area contributed by atoms with E-state index in [1.807, 2.05) is 6.26 Å². The van der Waals surface area contributed by atoms with Crippen molar-refractivity contribution in [2.45, 2.75) is 19.4 Å². The van der Waals surface area contributed by atoms with Gasteiger partial charge in [0.05, 0.1) is 5.01 Å². The second kappa shape index (κ2) is 6.61. The number of aryl methyl sites for hydroxylation is 1. The molecule has 1 amide bonds. The number of aromatic nitrogens is 1. The molecule has 0 aliphatic carbocycles. The minimum Gasteiger partial charge on any atom is -0.480 e. The van der Waals surface area contributed by atoms with Gasteiger partial charge in [-0.25, -0.2) is 9.78 Å². The first-order valence-corrected chi connectivity index (χ1v) is 7.26. The van der Waals surface area contributed by atoms with Crippen LogP contribution in [0, 0.1) is 6.92 Å². The van der Waals surface area contributed by atoms with Gasteiger partial charge in [-0.2, -0.15) is 11.8 Å². The van der Waals surface area contributed by atoms with Gasteiger partial charge in [-0.1, -0.05) is 0 Å². The summed E-state index contributed by atoms with van der Waals surface area (Å²) in [5.74, 6) is -0.755. The Bertz CT molecular complexity index is 406. The van der Waals surface area contributed by atoms with Crippen molar-refractivity contribution in [3.05, 3.63) is 16.1 Å². The number of rotatable bonds is 6. The summed E-state index contributed by atoms with van der Waals surface area (Å²) in [6, 6.07) is -0.850. The van der Waals surface area contributed by atoms with E-state index in [9.17, 15) is 9.59 Å². The third kappa shape index (κ3) is 4.35. The summed E-state index contributed by atoms with van der Waals surface area (Å²) in [4.78, 5) is 26.6. The van der Waals surface area contributed by atoms with E-state index in [0.717, 1.165) is 5.01 Å². The number of nitrogens with zero attached hydrogens (tertiary/aromatic N) is 1. The normalized spacial score (nSPS) is 12.1. The van der Waals surface area contributed by atoms with Crippen LogP contribution in [-0.2, 0) is 4.79 Å². The van der Waals surface area contributed by atoms with Crippen LogP contribution >= 0.6 is 23.1 Å². The fourth-order valence-corrected chi connectivity index (χ4v) is 2.26. The van der Waals surface area contributed by atoms with E-state index in [-0.39, 0.29) is 5.69 Å². The lowest BCUT2D eigenvalue weighted by molar-refractivity contribution is -0.139. The molecule has 0 spiro atoms. The number of nitrogens with one attached hydrogen (secondary N) is 1. The zero-order valence-corrected chi connectivity index (χ0v) is 11.2. The van der Waals surface area contributed by atoms with E-state index in [4.69, 9.17) is 5.11 Å². The molecule has 7 heteroatoms. The molecule has 0 fully saturated rings. The van der Waals surface area contributed by atoms with Gasteiger partial charge in [-0.3, -0.25) is 4.79 Å². The standard InChI is InChI=1S/C10H14N2O3S2/c1-6-11-8(5-17-6)9(13)12-7(10(14)15)3-4-16-2/h5,7H,3-4H2,1-2H3,(H,12,13)(H,14,15). The average molecular weight is 274 g/mol. The van der Waals surface area contributed by atoms with Crippen molar-refractivity contribution in [1.82, 2.24) is 10.3 Å². The summed E-state index contributed by atoms with van der Waals surface area (Å²) in [6.45, 7) is 1.80. The lowest BCUT2D eigenvalue weighted by atomic mass is 10.2. The Hall–Kier alpha value is -1.08. The van der Waals surface area contributed by atoms with Gasteiger partial charge in [0.2, 0.25) is 0 Å². The van der Waals surface area contributed by atoms with Crippen molar-refractivity contribution >= 4 is 35.0 Å². The second-order valence-electron chi connectivity index (χ2n) is 3.40. The highest BCUT2D eigenvalue weighted by molar-refractivity contribution is 7.98. The van der Waals surface area contributed by atoms with Crippen LogP contribution in [0.4, 0.5) is 0 Å². The van der Waals surface area contributed by atoms with Crippen molar-refractivity contribution < 1.29 is 14.7 Å². The van der Waals surface area contributed by atoms with Crippen molar-refractivity contribution in [3.8, 4) is 0 Å². The Morgan fingerprint density at radius 3 is 2.82 bits per heavy atom. The van der Waals surface area contributed by atoms with E-state index in [1.54, 1.807) is 24.1 Å². The minimum absolute atomic E-state index is 0.280. The fourth-order valence-electron chi connectivity index (χ4n) is 1.19. The molecule has 17 heavy (non-hydrogen) atoms. The van der Waals surface area contributed by atoms with E-state index >= 15 is 0 Å². The molecule has 1 atom stereocenters. The smallest absolute Gasteiger partial charge is 0.326 e. The number of hydrogen-bond acceptors (Lipinski definition) is 5. The fraction of sp³-hybridized carbons (Fsp3) is 0.500. The quantitative estimate of drug-likeness (QED) is 0.819. The van der Waals surface area contributed by atoms with Crippen LogP contribution in [0.5, 0.6) is 0 Å². The summed E-state index contributed by atoms with van der Waals surface area (Å²) in [6.07, 6.45) is 2.30. The molecular formula is C10H14N2O3S2. The number of thioether (sulfide) groups is 1. The van der Waals surface area contributed by atoms with Crippen molar-refractivity contribution in [1.29, 1.82) is 0 Å². The molecule has 0 aliphatic heterocycles. The maximum Gasteiger partial charge on any atom is 0.326 e. The van der Waals surface area contributed by atoms with E-state index in [0.29, 0.717) is 12.2 Å². The summed E-state index contributed by atoms with van der Waals surface area (Å²) < 4.78 is 0. The molecule has 1 unspecified atom stereocenters. The third-order valence-electron chi connectivity index (χ3n) is 2.07. The molecule has 0 aromatic carbocycles. The maximum atomic E-state index is 11.7. The largest absolute Gasteiger partial charge is 0.480 e. The van der Waals surface area contributed by atoms with E-state index in [1.165, 1.54) is 11.3 Å². The van der Waals surface area contributed by atoms with Gasteiger partial charge in [0.25, 0.3) is 5.91 Å². The van der Waals surface area contributed by atoms with Gasteiger partial charge in [-0.05, 0) is 25.4 Å². The first-order chi connectivity index (χ1) is 8.04. The highest BCUT2D eigenvalue weighted by atomic mass is 32.2. The third-order valence-corrected chi connectivity index (χ3v) is 3.48. The molecule has 2 N–H and O–H groups in total. The van der Waals surface area contributed by atoms with Crippen LogP contribution in [0.25, 0.3) is 0 Å². The molecule has 1 aromatic rings. The molecule has 0 saturated carbocycles. The van der Waals surface area contributed by atoms with Crippen LogP contribution in [0.2, 0.25) is 0 Å². The van der Waals surface area contributed by atoms with E-state index < -0.39 is 17.9 Å². The molecule has 5 nitrogen and oxygen atoms in total. The zero-order valence-electron chi connectivity index (χ0n) is 9.60. The Morgan fingerprint density at radius 1 is 1.65 bits per heavy atom. The second-order valence-corrected chi connectivity index (χ2v) is 5.45. The lowest BCUT2D eigenvalue weighted by Crippen LogP contribution is -2.41. The summed E-state index contributed by atoms with van der Waals surface area (Å²) in [7, 11) is 0. The first kappa shape index (κ1) is 14.0. The topological polar surface area (TPSA) is 79.3 Å². The summed E-state index contributed by atoms with van der Waals surface area (Å²) in [5.41, 5.74) is 0.280. The van der Waals surface area contributed by atoms with Crippen LogP contribution in [-0.4, -0.2) is 40.0 Å². The monoisotopic (exact) mass is 274 g/mol. The number of carboxylic acid groups (broad SMARTS) is 1. The number of thiazole rings is 1. The maximum absolute atomic E-state index is 11.7. The Balaban J connectivity index is 2.60. The molecule has 1 heterocycles. The first-order valence-electron chi connectivity index (χ1n) is 4.99. The predicted octanol–water partition coefficient (Wildman–Crippen LogP) is 1.39. The van der Waals surface area contributed by atoms with Gasteiger partial charge in [0.15, 0.2) is 0 Å². The Labute approximate surface area is 108 Å². The number of amides is 1. The molecule has 1 aromatic heterocycles. The van der Waals surface area contributed by atoms with Crippen molar-refractivity contribution in [2.24, 2.45) is 0 Å². The summed E-state index contributed by atoms with van der Waals surface area (Å²) in [5, 5.41) is 13.8. The minimum atomic E-state index is -1.01. The summed E-state index contributed by atoms with van der Waals surface area (Å²) >= 11 is 2.91.